The monoisotopic (exact) mass is 414 g/mol. The minimum atomic E-state index is -0.248. The smallest absolute Gasteiger partial charge is 0.228 e. The first kappa shape index (κ1) is 23.6. The van der Waals surface area contributed by atoms with E-state index in [9.17, 15) is 9.59 Å². The van der Waals surface area contributed by atoms with E-state index in [-0.39, 0.29) is 23.1 Å². The molecule has 0 atom stereocenters. The van der Waals surface area contributed by atoms with Gasteiger partial charge in [-0.2, -0.15) is 0 Å². The molecule has 1 aromatic rings. The highest BCUT2D eigenvalue weighted by Gasteiger charge is 2.34. The number of aromatic nitrogens is 1. The molecule has 1 aliphatic carbocycles. The van der Waals surface area contributed by atoms with Crippen LogP contribution >= 0.6 is 0 Å². The molecule has 0 radical (unpaired) electrons. The summed E-state index contributed by atoms with van der Waals surface area (Å²) in [4.78, 5) is 29.0. The van der Waals surface area contributed by atoms with Crippen LogP contribution in [0, 0.1) is 0 Å². The number of rotatable bonds is 14. The number of ether oxygens (including phenoxy) is 2. The summed E-state index contributed by atoms with van der Waals surface area (Å²) in [6, 6.07) is 3.97. The second kappa shape index (κ2) is 12.8. The first-order chi connectivity index (χ1) is 14.6. The van der Waals surface area contributed by atoms with Crippen LogP contribution in [0.3, 0.4) is 0 Å². The average molecular weight is 415 g/mol. The summed E-state index contributed by atoms with van der Waals surface area (Å²) in [5.74, 6) is -0.422. The number of hydrogen-bond acceptors (Lipinski definition) is 6. The molecule has 0 saturated carbocycles. The zero-order valence-corrected chi connectivity index (χ0v) is 18.5. The molecule has 6 heteroatoms. The largest absolute Gasteiger partial charge is 0.489 e. The fourth-order valence-corrected chi connectivity index (χ4v) is 3.68. The van der Waals surface area contributed by atoms with E-state index in [4.69, 9.17) is 9.47 Å². The van der Waals surface area contributed by atoms with Gasteiger partial charge in [0, 0.05) is 30.1 Å². The number of carbonyl (C=O) groups is 2. The van der Waals surface area contributed by atoms with Crippen LogP contribution in [0.5, 0.6) is 0 Å². The van der Waals surface area contributed by atoms with Crippen molar-refractivity contribution >= 4 is 17.3 Å². The zero-order chi connectivity index (χ0) is 21.8. The number of nitrogens with zero attached hydrogens (tertiary/aromatic N) is 1. The van der Waals surface area contributed by atoms with Gasteiger partial charge in [-0.3, -0.25) is 14.6 Å². The number of hydrogen-bond donors (Lipinski definition) is 1. The van der Waals surface area contributed by atoms with Gasteiger partial charge in [0.2, 0.25) is 23.1 Å². The summed E-state index contributed by atoms with van der Waals surface area (Å²) >= 11 is 0. The van der Waals surface area contributed by atoms with Gasteiger partial charge in [0.05, 0.1) is 19.9 Å². The van der Waals surface area contributed by atoms with E-state index in [2.05, 4.69) is 10.3 Å². The van der Waals surface area contributed by atoms with Crippen LogP contribution < -0.4 is 5.32 Å². The summed E-state index contributed by atoms with van der Waals surface area (Å²) in [5, 5.41) is 3.38. The van der Waals surface area contributed by atoms with E-state index < -0.39 is 0 Å². The minimum Gasteiger partial charge on any atom is -0.489 e. The Morgan fingerprint density at radius 1 is 0.867 bits per heavy atom. The predicted octanol–water partition coefficient (Wildman–Crippen LogP) is 4.98. The quantitative estimate of drug-likeness (QED) is 0.342. The molecule has 0 unspecified atom stereocenters. The van der Waals surface area contributed by atoms with Crippen LogP contribution in [0.1, 0.15) is 64.7 Å². The van der Waals surface area contributed by atoms with Crippen molar-refractivity contribution in [3.8, 4) is 0 Å². The van der Waals surface area contributed by atoms with Gasteiger partial charge in [0.15, 0.2) is 0 Å². The van der Waals surface area contributed by atoms with E-state index >= 15 is 0 Å². The molecule has 0 bridgehead atoms. The van der Waals surface area contributed by atoms with Crippen LogP contribution in [0.15, 0.2) is 47.2 Å². The molecule has 0 saturated heterocycles. The topological polar surface area (TPSA) is 77.5 Å². The fourth-order valence-electron chi connectivity index (χ4n) is 3.68. The Morgan fingerprint density at radius 3 is 2.07 bits per heavy atom. The molecule has 0 spiro atoms. The van der Waals surface area contributed by atoms with Crippen molar-refractivity contribution < 1.29 is 19.1 Å². The zero-order valence-electron chi connectivity index (χ0n) is 18.5. The number of pyridine rings is 1. The van der Waals surface area contributed by atoms with E-state index in [0.717, 1.165) is 37.9 Å². The molecule has 0 aromatic carbocycles. The van der Waals surface area contributed by atoms with Crippen LogP contribution in [-0.4, -0.2) is 37.3 Å². The van der Waals surface area contributed by atoms with Gasteiger partial charge in [-0.15, -0.1) is 0 Å². The van der Waals surface area contributed by atoms with Gasteiger partial charge >= 0.3 is 0 Å². The molecule has 1 aromatic heterocycles. The number of Topliss-reactive ketones (excluding diaryl/α,β-unsaturated/α-hetero) is 2. The molecule has 2 rings (SSSR count). The number of anilines is 1. The molecule has 0 fully saturated rings. The lowest BCUT2D eigenvalue weighted by Crippen LogP contribution is -2.25. The number of nitrogens with one attached hydrogen (secondary N) is 1. The van der Waals surface area contributed by atoms with Crippen LogP contribution in [-0.2, 0) is 19.1 Å². The average Bonchev–Trinajstić information content (AvgIpc) is 2.77. The number of methoxy groups -OCH3 is 2. The van der Waals surface area contributed by atoms with Crippen molar-refractivity contribution in [3.05, 3.63) is 47.2 Å². The highest BCUT2D eigenvalue weighted by atomic mass is 16.5. The Kier molecular flexibility index (Phi) is 10.1. The maximum absolute atomic E-state index is 12.6. The molecule has 30 heavy (non-hydrogen) atoms. The third-order valence-electron chi connectivity index (χ3n) is 5.44. The summed E-state index contributed by atoms with van der Waals surface area (Å²) in [6.07, 6.45) is 13.4. The number of ketones is 2. The van der Waals surface area contributed by atoms with Gasteiger partial charge in [-0.25, -0.2) is 0 Å². The molecular weight excluding hydrogens is 380 g/mol. The highest BCUT2D eigenvalue weighted by Crippen LogP contribution is 2.28. The van der Waals surface area contributed by atoms with Crippen molar-refractivity contribution in [1.82, 2.24) is 4.98 Å². The molecule has 6 nitrogen and oxygen atoms in total. The fraction of sp³-hybridized carbons (Fsp3) is 0.542. The molecule has 1 heterocycles. The Bertz CT molecular complexity index is 769. The minimum absolute atomic E-state index is 0.0133. The summed E-state index contributed by atoms with van der Waals surface area (Å²) in [7, 11) is 2.78. The maximum atomic E-state index is 12.6. The lowest BCUT2D eigenvalue weighted by atomic mass is 9.89. The predicted molar refractivity (Wildman–Crippen MR) is 118 cm³/mol. The standard InChI is InChI=1S/C24H34N2O4/c1-18-20(22(28)24(30-3)23(29-2)21(18)27)14-10-8-6-4-5-7-9-11-16-26-19-13-12-15-25-17-19/h12-13,15,17,26H,4-11,14,16H2,1-3H3. The van der Waals surface area contributed by atoms with Crippen LogP contribution in [0.25, 0.3) is 0 Å². The van der Waals surface area contributed by atoms with Crippen molar-refractivity contribution in [2.45, 2.75) is 64.7 Å². The normalized spacial score (nSPS) is 14.4. The third kappa shape index (κ3) is 6.71. The maximum Gasteiger partial charge on any atom is 0.228 e. The first-order valence-corrected chi connectivity index (χ1v) is 10.9. The number of carbonyl (C=O) groups excluding carboxylic acids is 2. The van der Waals surface area contributed by atoms with Crippen LogP contribution in [0.2, 0.25) is 0 Å². The lowest BCUT2D eigenvalue weighted by molar-refractivity contribution is -0.121. The molecular formula is C24H34N2O4. The van der Waals surface area contributed by atoms with Crippen LogP contribution in [0.4, 0.5) is 5.69 Å². The summed E-state index contributed by atoms with van der Waals surface area (Å²) in [5.41, 5.74) is 2.13. The van der Waals surface area contributed by atoms with Crippen molar-refractivity contribution in [2.75, 3.05) is 26.1 Å². The van der Waals surface area contributed by atoms with E-state index in [1.54, 1.807) is 13.1 Å². The van der Waals surface area contributed by atoms with Crippen molar-refractivity contribution in [2.24, 2.45) is 0 Å². The van der Waals surface area contributed by atoms with Gasteiger partial charge in [0.25, 0.3) is 0 Å². The molecule has 0 amide bonds. The second-order valence-corrected chi connectivity index (χ2v) is 7.58. The van der Waals surface area contributed by atoms with Gasteiger partial charge in [-0.1, -0.05) is 38.5 Å². The lowest BCUT2D eigenvalue weighted by Gasteiger charge is -2.20. The first-order valence-electron chi connectivity index (χ1n) is 10.9. The Labute approximate surface area is 179 Å². The third-order valence-corrected chi connectivity index (χ3v) is 5.44. The van der Waals surface area contributed by atoms with E-state index in [1.165, 1.54) is 39.9 Å². The highest BCUT2D eigenvalue weighted by molar-refractivity contribution is 6.23. The number of unbranched alkanes of at least 4 members (excludes halogenated alkanes) is 7. The number of allylic oxidation sites excluding steroid dienone is 2. The van der Waals surface area contributed by atoms with Gasteiger partial charge in [-0.05, 0) is 38.3 Å². The van der Waals surface area contributed by atoms with Gasteiger partial charge in [0.1, 0.15) is 0 Å². The molecule has 1 aliphatic rings. The van der Waals surface area contributed by atoms with Crippen molar-refractivity contribution in [1.29, 1.82) is 0 Å². The van der Waals surface area contributed by atoms with E-state index in [1.807, 2.05) is 18.3 Å². The molecule has 1 N–H and O–H groups in total. The summed E-state index contributed by atoms with van der Waals surface area (Å²) < 4.78 is 10.2. The van der Waals surface area contributed by atoms with Gasteiger partial charge < -0.3 is 14.8 Å². The SMILES string of the molecule is COC1=C(OC)C(=O)C(CCCCCCCCCCNc2cccnc2)=C(C)C1=O. The Morgan fingerprint density at radius 2 is 1.47 bits per heavy atom. The second-order valence-electron chi connectivity index (χ2n) is 7.58. The Hall–Kier alpha value is -2.63. The summed E-state index contributed by atoms with van der Waals surface area (Å²) in [6.45, 7) is 2.68. The van der Waals surface area contributed by atoms with E-state index in [0.29, 0.717) is 17.6 Å². The molecule has 164 valence electrons. The van der Waals surface area contributed by atoms with Crippen molar-refractivity contribution in [3.63, 3.8) is 0 Å². The molecule has 0 aliphatic heterocycles. The Balaban J connectivity index is 1.56.